The van der Waals surface area contributed by atoms with Crippen LogP contribution in [0.2, 0.25) is 0 Å². The molecule has 5 heteroatoms. The Morgan fingerprint density at radius 3 is 2.27 bits per heavy atom. The molecule has 0 bridgehead atoms. The molecule has 0 aliphatic heterocycles. The number of hydrogen-bond donors (Lipinski definition) is 1. The van der Waals surface area contributed by atoms with Crippen molar-refractivity contribution >= 4 is 12.0 Å². The van der Waals surface area contributed by atoms with Gasteiger partial charge in [-0.15, -0.1) is 0 Å². The highest BCUT2D eigenvalue weighted by Gasteiger charge is 2.11. The van der Waals surface area contributed by atoms with Crippen molar-refractivity contribution in [1.82, 2.24) is 4.57 Å². The van der Waals surface area contributed by atoms with Crippen LogP contribution in [0.25, 0.3) is 11.8 Å². The quantitative estimate of drug-likeness (QED) is 0.879. The van der Waals surface area contributed by atoms with E-state index >= 15 is 0 Å². The second-order valence-electron chi connectivity index (χ2n) is 4.80. The second-order valence-corrected chi connectivity index (χ2v) is 4.80. The number of nitriles is 2. The average Bonchev–Trinajstić information content (AvgIpc) is 2.79. The standard InChI is InChI=1S/C17H13N3O2/c1-11-7-15(8-13(9-18)10-19)12(2)20(11)16-5-3-14(4-6-16)17(21)22/h3-8H,1-2H3,(H,21,22). The van der Waals surface area contributed by atoms with Crippen LogP contribution in [0.15, 0.2) is 35.9 Å². The molecule has 0 radical (unpaired) electrons. The van der Waals surface area contributed by atoms with E-state index in [-0.39, 0.29) is 11.1 Å². The summed E-state index contributed by atoms with van der Waals surface area (Å²) in [5, 5.41) is 26.6. The molecule has 0 spiro atoms. The molecule has 1 aromatic heterocycles. The first-order valence-electron chi connectivity index (χ1n) is 6.52. The highest BCUT2D eigenvalue weighted by Crippen LogP contribution is 2.23. The lowest BCUT2D eigenvalue weighted by molar-refractivity contribution is 0.0697. The van der Waals surface area contributed by atoms with E-state index in [0.717, 1.165) is 22.6 Å². The molecule has 1 N–H and O–H groups in total. The van der Waals surface area contributed by atoms with Gasteiger partial charge in [-0.25, -0.2) is 4.79 Å². The number of aromatic carboxylic acids is 1. The summed E-state index contributed by atoms with van der Waals surface area (Å²) in [7, 11) is 0. The molecule has 0 saturated carbocycles. The SMILES string of the molecule is Cc1cc(C=C(C#N)C#N)c(C)n1-c1ccc(C(=O)O)cc1. The molecule has 0 amide bonds. The third kappa shape index (κ3) is 2.74. The fourth-order valence-electron chi connectivity index (χ4n) is 2.33. The number of hydrogen-bond acceptors (Lipinski definition) is 3. The summed E-state index contributed by atoms with van der Waals surface area (Å²) < 4.78 is 1.95. The van der Waals surface area contributed by atoms with Crippen molar-refractivity contribution in [2.45, 2.75) is 13.8 Å². The van der Waals surface area contributed by atoms with Gasteiger partial charge in [-0.05, 0) is 55.8 Å². The Morgan fingerprint density at radius 1 is 1.18 bits per heavy atom. The Labute approximate surface area is 128 Å². The monoisotopic (exact) mass is 291 g/mol. The second kappa shape index (κ2) is 5.99. The molecule has 0 aliphatic carbocycles. The molecule has 1 aromatic carbocycles. The number of allylic oxidation sites excluding steroid dienone is 1. The van der Waals surface area contributed by atoms with E-state index in [0.29, 0.717) is 0 Å². The lowest BCUT2D eigenvalue weighted by Crippen LogP contribution is -2.01. The van der Waals surface area contributed by atoms with Gasteiger partial charge in [0.25, 0.3) is 0 Å². The maximum atomic E-state index is 10.9. The van der Waals surface area contributed by atoms with Gasteiger partial charge in [0.15, 0.2) is 0 Å². The van der Waals surface area contributed by atoms with E-state index < -0.39 is 5.97 Å². The third-order valence-corrected chi connectivity index (χ3v) is 3.38. The molecular weight excluding hydrogens is 278 g/mol. The van der Waals surface area contributed by atoms with Crippen molar-refractivity contribution in [1.29, 1.82) is 10.5 Å². The van der Waals surface area contributed by atoms with Gasteiger partial charge in [0.1, 0.15) is 17.7 Å². The summed E-state index contributed by atoms with van der Waals surface area (Å²) in [6, 6.07) is 12.1. The van der Waals surface area contributed by atoms with Gasteiger partial charge >= 0.3 is 5.97 Å². The topological polar surface area (TPSA) is 89.8 Å². The Kier molecular flexibility index (Phi) is 4.11. The van der Waals surface area contributed by atoms with Gasteiger partial charge in [-0.3, -0.25) is 0 Å². The highest BCUT2D eigenvalue weighted by atomic mass is 16.4. The lowest BCUT2D eigenvalue weighted by atomic mass is 10.1. The van der Waals surface area contributed by atoms with Crippen molar-refractivity contribution < 1.29 is 9.90 Å². The van der Waals surface area contributed by atoms with E-state index in [1.54, 1.807) is 30.3 Å². The van der Waals surface area contributed by atoms with Gasteiger partial charge in [-0.2, -0.15) is 10.5 Å². The highest BCUT2D eigenvalue weighted by molar-refractivity contribution is 5.87. The summed E-state index contributed by atoms with van der Waals surface area (Å²) in [4.78, 5) is 10.9. The number of carbonyl (C=O) groups is 1. The van der Waals surface area contributed by atoms with E-state index in [1.165, 1.54) is 0 Å². The first-order chi connectivity index (χ1) is 10.5. The van der Waals surface area contributed by atoms with Gasteiger partial charge < -0.3 is 9.67 Å². The van der Waals surface area contributed by atoms with Gasteiger partial charge in [0.05, 0.1) is 5.56 Å². The van der Waals surface area contributed by atoms with Crippen molar-refractivity contribution in [2.24, 2.45) is 0 Å². The van der Waals surface area contributed by atoms with Crippen LogP contribution in [0.4, 0.5) is 0 Å². The molecule has 0 fully saturated rings. The third-order valence-electron chi connectivity index (χ3n) is 3.38. The van der Waals surface area contributed by atoms with E-state index in [2.05, 4.69) is 0 Å². The number of aryl methyl sites for hydroxylation is 1. The molecule has 0 saturated heterocycles. The zero-order chi connectivity index (χ0) is 16.3. The number of carboxylic acids is 1. The van der Waals surface area contributed by atoms with E-state index in [4.69, 9.17) is 15.6 Å². The van der Waals surface area contributed by atoms with Crippen molar-refractivity contribution in [3.63, 3.8) is 0 Å². The van der Waals surface area contributed by atoms with Gasteiger partial charge in [-0.1, -0.05) is 0 Å². The normalized spacial score (nSPS) is 9.64. The number of nitrogens with zero attached hydrogens (tertiary/aromatic N) is 3. The predicted octanol–water partition coefficient (Wildman–Crippen LogP) is 3.22. The van der Waals surface area contributed by atoms with Crippen molar-refractivity contribution in [2.75, 3.05) is 0 Å². The van der Waals surface area contributed by atoms with Crippen LogP contribution in [-0.2, 0) is 0 Å². The summed E-state index contributed by atoms with van der Waals surface area (Å²) in [5.74, 6) is -0.969. The van der Waals surface area contributed by atoms with Crippen LogP contribution >= 0.6 is 0 Å². The van der Waals surface area contributed by atoms with Crippen LogP contribution in [0.3, 0.4) is 0 Å². The van der Waals surface area contributed by atoms with Crippen LogP contribution in [0.5, 0.6) is 0 Å². The molecule has 5 nitrogen and oxygen atoms in total. The zero-order valence-corrected chi connectivity index (χ0v) is 12.2. The molecule has 22 heavy (non-hydrogen) atoms. The molecule has 0 unspecified atom stereocenters. The fourth-order valence-corrected chi connectivity index (χ4v) is 2.33. The lowest BCUT2D eigenvalue weighted by Gasteiger charge is -2.10. The fraction of sp³-hybridized carbons (Fsp3) is 0.118. The number of aromatic nitrogens is 1. The Hall–Kier alpha value is -3.31. The zero-order valence-electron chi connectivity index (χ0n) is 12.2. The Balaban J connectivity index is 2.52. The first-order valence-corrected chi connectivity index (χ1v) is 6.52. The maximum absolute atomic E-state index is 10.9. The van der Waals surface area contributed by atoms with Crippen LogP contribution in [0, 0.1) is 36.5 Å². The minimum Gasteiger partial charge on any atom is -0.478 e. The molecule has 2 rings (SSSR count). The van der Waals surface area contributed by atoms with Crippen LogP contribution in [0.1, 0.15) is 27.3 Å². The van der Waals surface area contributed by atoms with Crippen molar-refractivity contribution in [3.05, 3.63) is 58.4 Å². The summed E-state index contributed by atoms with van der Waals surface area (Å²) in [6.07, 6.45) is 1.55. The van der Waals surface area contributed by atoms with Crippen LogP contribution in [-0.4, -0.2) is 15.6 Å². The molecule has 1 heterocycles. The molecule has 108 valence electrons. The van der Waals surface area contributed by atoms with E-state index in [9.17, 15) is 4.79 Å². The number of carboxylic acid groups (broad SMARTS) is 1. The van der Waals surface area contributed by atoms with Gasteiger partial charge in [0, 0.05) is 17.1 Å². The minimum atomic E-state index is -0.969. The van der Waals surface area contributed by atoms with Crippen molar-refractivity contribution in [3.8, 4) is 17.8 Å². The van der Waals surface area contributed by atoms with Crippen LogP contribution < -0.4 is 0 Å². The summed E-state index contributed by atoms with van der Waals surface area (Å²) >= 11 is 0. The Morgan fingerprint density at radius 2 is 1.77 bits per heavy atom. The summed E-state index contributed by atoms with van der Waals surface area (Å²) in [5.41, 5.74) is 3.70. The molecular formula is C17H13N3O2. The largest absolute Gasteiger partial charge is 0.478 e. The number of benzene rings is 1. The van der Waals surface area contributed by atoms with E-state index in [1.807, 2.05) is 36.6 Å². The first kappa shape index (κ1) is 15.1. The smallest absolute Gasteiger partial charge is 0.335 e. The van der Waals surface area contributed by atoms with Gasteiger partial charge in [0.2, 0.25) is 0 Å². The molecule has 0 atom stereocenters. The average molecular weight is 291 g/mol. The molecule has 2 aromatic rings. The maximum Gasteiger partial charge on any atom is 0.335 e. The number of rotatable bonds is 3. The predicted molar refractivity (Wildman–Crippen MR) is 81.4 cm³/mol. The molecule has 0 aliphatic rings. The summed E-state index contributed by atoms with van der Waals surface area (Å²) in [6.45, 7) is 3.80. The minimum absolute atomic E-state index is 0.0430. The Bertz CT molecular complexity index is 828.